The molecule has 92 valence electrons. The molecule has 0 aromatic rings. The molecule has 0 aliphatic heterocycles. The molecule has 1 fully saturated rings. The predicted molar refractivity (Wildman–Crippen MR) is 63.2 cm³/mol. The zero-order valence-electron chi connectivity index (χ0n) is 9.99. The number of nitrogens with zero attached hydrogens (tertiary/aromatic N) is 1. The molecule has 0 saturated heterocycles. The molecule has 0 heterocycles. The summed E-state index contributed by atoms with van der Waals surface area (Å²) >= 11 is 0. The van der Waals surface area contributed by atoms with Crippen LogP contribution in [0, 0.1) is 16.7 Å². The van der Waals surface area contributed by atoms with Crippen LogP contribution in [-0.2, 0) is 10.0 Å². The minimum absolute atomic E-state index is 0.190. The van der Waals surface area contributed by atoms with E-state index in [0.29, 0.717) is 13.0 Å². The molecule has 1 aliphatic rings. The van der Waals surface area contributed by atoms with Crippen LogP contribution in [0.25, 0.3) is 0 Å². The molecule has 16 heavy (non-hydrogen) atoms. The molecule has 0 bridgehead atoms. The van der Waals surface area contributed by atoms with E-state index in [0.717, 1.165) is 25.7 Å². The Morgan fingerprint density at radius 3 is 2.44 bits per heavy atom. The lowest BCUT2D eigenvalue weighted by Gasteiger charge is -2.16. The van der Waals surface area contributed by atoms with Crippen LogP contribution in [0.5, 0.6) is 0 Å². The summed E-state index contributed by atoms with van der Waals surface area (Å²) in [6, 6.07) is 1.83. The van der Waals surface area contributed by atoms with Crippen molar-refractivity contribution in [1.82, 2.24) is 4.72 Å². The molecule has 4 nitrogen and oxygen atoms in total. The van der Waals surface area contributed by atoms with Gasteiger partial charge in [-0.1, -0.05) is 20.3 Å². The van der Waals surface area contributed by atoms with Crippen LogP contribution in [0.2, 0.25) is 0 Å². The first-order valence-corrected chi connectivity index (χ1v) is 7.42. The Labute approximate surface area is 98.1 Å². The van der Waals surface area contributed by atoms with Gasteiger partial charge in [0.15, 0.2) is 5.25 Å². The van der Waals surface area contributed by atoms with Crippen LogP contribution in [0.1, 0.15) is 46.0 Å². The first-order chi connectivity index (χ1) is 7.49. The molecule has 0 amide bonds. The highest BCUT2D eigenvalue weighted by Gasteiger charge is 2.42. The zero-order valence-corrected chi connectivity index (χ0v) is 10.8. The van der Waals surface area contributed by atoms with Crippen LogP contribution < -0.4 is 4.72 Å². The van der Waals surface area contributed by atoms with Gasteiger partial charge in [-0.2, -0.15) is 5.26 Å². The number of nitrogens with one attached hydrogen (secondary N) is 1. The van der Waals surface area contributed by atoms with Crippen molar-refractivity contribution < 1.29 is 8.42 Å². The van der Waals surface area contributed by atoms with Gasteiger partial charge in [0, 0.05) is 6.54 Å². The second-order valence-corrected chi connectivity index (χ2v) is 6.59. The van der Waals surface area contributed by atoms with Crippen molar-refractivity contribution in [3.05, 3.63) is 0 Å². The summed E-state index contributed by atoms with van der Waals surface area (Å²) in [5, 5.41) is 7.83. The largest absolute Gasteiger partial charge is 0.227 e. The highest BCUT2D eigenvalue weighted by molar-refractivity contribution is 7.90. The van der Waals surface area contributed by atoms with Gasteiger partial charge in [0.1, 0.15) is 0 Å². The summed E-state index contributed by atoms with van der Waals surface area (Å²) in [5.74, 6) is 0. The maximum atomic E-state index is 11.7. The molecule has 0 spiro atoms. The summed E-state index contributed by atoms with van der Waals surface area (Å²) in [4.78, 5) is 0. The molecule has 1 unspecified atom stereocenters. The maximum Gasteiger partial charge on any atom is 0.227 e. The Bertz CT molecular complexity index is 366. The lowest BCUT2D eigenvalue weighted by Crippen LogP contribution is -2.36. The monoisotopic (exact) mass is 244 g/mol. The average Bonchev–Trinajstić information content (AvgIpc) is 2.98. The van der Waals surface area contributed by atoms with Gasteiger partial charge in [-0.15, -0.1) is 0 Å². The molecule has 5 heteroatoms. The number of nitriles is 1. The van der Waals surface area contributed by atoms with Gasteiger partial charge in [-0.25, -0.2) is 13.1 Å². The van der Waals surface area contributed by atoms with Crippen molar-refractivity contribution >= 4 is 10.0 Å². The smallest absolute Gasteiger partial charge is 0.214 e. The summed E-state index contributed by atoms with van der Waals surface area (Å²) in [6.07, 6.45) is 4.70. The molecule has 0 aromatic carbocycles. The van der Waals surface area contributed by atoms with E-state index in [-0.39, 0.29) is 5.41 Å². The van der Waals surface area contributed by atoms with Gasteiger partial charge in [0.25, 0.3) is 0 Å². The van der Waals surface area contributed by atoms with E-state index in [1.165, 1.54) is 0 Å². The number of rotatable bonds is 7. The fourth-order valence-corrected chi connectivity index (χ4v) is 3.24. The van der Waals surface area contributed by atoms with Crippen LogP contribution >= 0.6 is 0 Å². The van der Waals surface area contributed by atoms with Gasteiger partial charge in [-0.3, -0.25) is 0 Å². The topological polar surface area (TPSA) is 70.0 Å². The minimum atomic E-state index is -3.45. The summed E-state index contributed by atoms with van der Waals surface area (Å²) in [7, 11) is -3.45. The van der Waals surface area contributed by atoms with E-state index in [1.807, 2.05) is 6.07 Å². The molecule has 1 saturated carbocycles. The first-order valence-electron chi connectivity index (χ1n) is 5.88. The molecule has 1 N–H and O–H groups in total. The molecular formula is C11H20N2O2S. The second kappa shape index (κ2) is 5.15. The first kappa shape index (κ1) is 13.5. The quantitative estimate of drug-likeness (QED) is 0.742. The van der Waals surface area contributed by atoms with Crippen LogP contribution in [0.4, 0.5) is 0 Å². The molecule has 1 aliphatic carbocycles. The van der Waals surface area contributed by atoms with E-state index >= 15 is 0 Å². The van der Waals surface area contributed by atoms with Crippen molar-refractivity contribution in [3.8, 4) is 6.07 Å². The summed E-state index contributed by atoms with van der Waals surface area (Å²) in [6.45, 7) is 4.33. The molecule has 1 atom stereocenters. The molecule has 0 aromatic heterocycles. The van der Waals surface area contributed by atoms with E-state index in [9.17, 15) is 8.42 Å². The normalized spacial score (nSPS) is 20.1. The SMILES string of the molecule is CCCC1(CNS(=O)(=O)C(C#N)CC)CC1. The van der Waals surface area contributed by atoms with E-state index in [2.05, 4.69) is 11.6 Å². The standard InChI is InChI=1S/C11H20N2O2S/c1-3-5-11(6-7-11)9-13-16(14,15)10(4-2)8-12/h10,13H,3-7,9H2,1-2H3. The number of hydrogen-bond acceptors (Lipinski definition) is 3. The zero-order chi connectivity index (χ0) is 12.2. The van der Waals surface area contributed by atoms with Crippen molar-refractivity contribution in [2.75, 3.05) is 6.54 Å². The van der Waals surface area contributed by atoms with Crippen molar-refractivity contribution in [2.24, 2.45) is 5.41 Å². The Morgan fingerprint density at radius 2 is 2.06 bits per heavy atom. The average molecular weight is 244 g/mol. The van der Waals surface area contributed by atoms with Gasteiger partial charge in [0.2, 0.25) is 10.0 Å². The van der Waals surface area contributed by atoms with Gasteiger partial charge >= 0.3 is 0 Å². The number of hydrogen-bond donors (Lipinski definition) is 1. The Morgan fingerprint density at radius 1 is 1.44 bits per heavy atom. The molecule has 0 radical (unpaired) electrons. The Hall–Kier alpha value is -0.600. The Balaban J connectivity index is 2.52. The van der Waals surface area contributed by atoms with E-state index in [1.54, 1.807) is 6.92 Å². The van der Waals surface area contributed by atoms with Crippen molar-refractivity contribution in [3.63, 3.8) is 0 Å². The van der Waals surface area contributed by atoms with Crippen molar-refractivity contribution in [1.29, 1.82) is 5.26 Å². The maximum absolute atomic E-state index is 11.7. The predicted octanol–water partition coefficient (Wildman–Crippen LogP) is 1.79. The van der Waals surface area contributed by atoms with Crippen LogP contribution in [-0.4, -0.2) is 20.2 Å². The Kier molecular flexibility index (Phi) is 4.34. The van der Waals surface area contributed by atoms with Crippen molar-refractivity contribution in [2.45, 2.75) is 51.2 Å². The third kappa shape index (κ3) is 3.19. The lowest BCUT2D eigenvalue weighted by atomic mass is 10.0. The number of sulfonamides is 1. The molecular weight excluding hydrogens is 224 g/mol. The fraction of sp³-hybridized carbons (Fsp3) is 0.909. The highest BCUT2D eigenvalue weighted by Crippen LogP contribution is 2.49. The summed E-state index contributed by atoms with van der Waals surface area (Å²) < 4.78 is 26.1. The fourth-order valence-electron chi connectivity index (χ4n) is 1.96. The van der Waals surface area contributed by atoms with Gasteiger partial charge in [-0.05, 0) is 31.1 Å². The van der Waals surface area contributed by atoms with E-state index < -0.39 is 15.3 Å². The third-order valence-electron chi connectivity index (χ3n) is 3.28. The summed E-state index contributed by atoms with van der Waals surface area (Å²) in [5.41, 5.74) is 0.190. The van der Waals surface area contributed by atoms with Gasteiger partial charge < -0.3 is 0 Å². The molecule has 1 rings (SSSR count). The lowest BCUT2D eigenvalue weighted by molar-refractivity contribution is 0.448. The second-order valence-electron chi connectivity index (χ2n) is 4.64. The highest BCUT2D eigenvalue weighted by atomic mass is 32.2. The van der Waals surface area contributed by atoms with Crippen LogP contribution in [0.15, 0.2) is 0 Å². The van der Waals surface area contributed by atoms with Crippen LogP contribution in [0.3, 0.4) is 0 Å². The van der Waals surface area contributed by atoms with Gasteiger partial charge in [0.05, 0.1) is 6.07 Å². The van der Waals surface area contributed by atoms with E-state index in [4.69, 9.17) is 5.26 Å². The minimum Gasteiger partial charge on any atom is -0.214 e. The third-order valence-corrected chi connectivity index (χ3v) is 5.01.